The summed E-state index contributed by atoms with van der Waals surface area (Å²) >= 11 is 1.93. The first-order valence-corrected chi connectivity index (χ1v) is 6.06. The van der Waals surface area contributed by atoms with E-state index in [-0.39, 0.29) is 5.75 Å². The van der Waals surface area contributed by atoms with Gasteiger partial charge in [-0.2, -0.15) is 11.8 Å². The van der Waals surface area contributed by atoms with Gasteiger partial charge in [0.2, 0.25) is 0 Å². The van der Waals surface area contributed by atoms with Crippen LogP contribution in [0.5, 0.6) is 5.75 Å². The first kappa shape index (κ1) is 10.6. The molecule has 82 valence electrons. The van der Waals surface area contributed by atoms with Crippen LogP contribution in [0, 0.1) is 5.82 Å². The molecule has 2 N–H and O–H groups in total. The SMILES string of the molecule is CC1CC(Nc2ccc(O)c(F)c2)CS1. The smallest absolute Gasteiger partial charge is 0.166 e. The largest absolute Gasteiger partial charge is 0.505 e. The van der Waals surface area contributed by atoms with Crippen molar-refractivity contribution in [1.82, 2.24) is 0 Å². The van der Waals surface area contributed by atoms with E-state index in [0.717, 1.165) is 17.9 Å². The number of thioether (sulfide) groups is 1. The van der Waals surface area contributed by atoms with Crippen molar-refractivity contribution in [3.05, 3.63) is 24.0 Å². The van der Waals surface area contributed by atoms with Crippen molar-refractivity contribution >= 4 is 17.4 Å². The predicted octanol–water partition coefficient (Wildman–Crippen LogP) is 2.84. The Kier molecular flexibility index (Phi) is 3.05. The van der Waals surface area contributed by atoms with Gasteiger partial charge in [0.05, 0.1) is 0 Å². The van der Waals surface area contributed by atoms with Gasteiger partial charge in [-0.25, -0.2) is 4.39 Å². The Morgan fingerprint density at radius 1 is 1.53 bits per heavy atom. The van der Waals surface area contributed by atoms with Gasteiger partial charge in [0.15, 0.2) is 11.6 Å². The number of rotatable bonds is 2. The molecule has 1 aromatic rings. The Hall–Kier alpha value is -0.900. The van der Waals surface area contributed by atoms with Crippen LogP contribution in [0.2, 0.25) is 0 Å². The number of phenols is 1. The van der Waals surface area contributed by atoms with E-state index >= 15 is 0 Å². The summed E-state index contributed by atoms with van der Waals surface area (Å²) < 4.78 is 13.0. The van der Waals surface area contributed by atoms with E-state index in [9.17, 15) is 4.39 Å². The van der Waals surface area contributed by atoms with Crippen molar-refractivity contribution in [3.8, 4) is 5.75 Å². The predicted molar refractivity (Wildman–Crippen MR) is 62.0 cm³/mol. The lowest BCUT2D eigenvalue weighted by atomic mass is 10.2. The van der Waals surface area contributed by atoms with Crippen molar-refractivity contribution in [2.45, 2.75) is 24.6 Å². The molecule has 1 aliphatic heterocycles. The number of hydrogen-bond acceptors (Lipinski definition) is 3. The van der Waals surface area contributed by atoms with E-state index in [1.54, 1.807) is 6.07 Å². The van der Waals surface area contributed by atoms with Crippen molar-refractivity contribution < 1.29 is 9.50 Å². The third kappa shape index (κ3) is 2.56. The number of phenolic OH excluding ortho intramolecular Hbond substituents is 1. The number of aromatic hydroxyl groups is 1. The topological polar surface area (TPSA) is 32.3 Å². The van der Waals surface area contributed by atoms with Crippen LogP contribution in [-0.2, 0) is 0 Å². The van der Waals surface area contributed by atoms with Crippen molar-refractivity contribution in [1.29, 1.82) is 0 Å². The lowest BCUT2D eigenvalue weighted by Crippen LogP contribution is -2.18. The fraction of sp³-hybridized carbons (Fsp3) is 0.455. The molecular weight excluding hydrogens is 213 g/mol. The molecular formula is C11H14FNOS. The normalized spacial score (nSPS) is 25.5. The molecule has 0 saturated carbocycles. The van der Waals surface area contributed by atoms with Crippen LogP contribution >= 0.6 is 11.8 Å². The molecule has 4 heteroatoms. The molecule has 15 heavy (non-hydrogen) atoms. The second-order valence-corrected chi connectivity index (χ2v) is 5.36. The molecule has 1 aliphatic rings. The maximum absolute atomic E-state index is 13.0. The Morgan fingerprint density at radius 2 is 2.33 bits per heavy atom. The summed E-state index contributed by atoms with van der Waals surface area (Å²) in [6, 6.07) is 4.83. The van der Waals surface area contributed by atoms with Gasteiger partial charge in [0.1, 0.15) is 0 Å². The van der Waals surface area contributed by atoms with Gasteiger partial charge in [-0.1, -0.05) is 6.92 Å². The van der Waals surface area contributed by atoms with Gasteiger partial charge in [-0.3, -0.25) is 0 Å². The van der Waals surface area contributed by atoms with E-state index in [1.165, 1.54) is 12.1 Å². The first-order valence-electron chi connectivity index (χ1n) is 5.02. The molecule has 2 atom stereocenters. The Morgan fingerprint density at radius 3 is 2.93 bits per heavy atom. The molecule has 2 unspecified atom stereocenters. The third-order valence-corrected chi connectivity index (χ3v) is 3.87. The van der Waals surface area contributed by atoms with Crippen LogP contribution in [0.3, 0.4) is 0 Å². The van der Waals surface area contributed by atoms with Crippen LogP contribution in [0.15, 0.2) is 18.2 Å². The number of halogens is 1. The number of benzene rings is 1. The second-order valence-electron chi connectivity index (χ2n) is 3.89. The van der Waals surface area contributed by atoms with Gasteiger partial charge in [0, 0.05) is 28.8 Å². The quantitative estimate of drug-likeness (QED) is 0.762. The Labute approximate surface area is 92.9 Å². The summed E-state index contributed by atoms with van der Waals surface area (Å²) in [5.41, 5.74) is 0.741. The molecule has 2 rings (SSSR count). The van der Waals surface area contributed by atoms with Crippen LogP contribution in [0.1, 0.15) is 13.3 Å². The van der Waals surface area contributed by atoms with Gasteiger partial charge >= 0.3 is 0 Å². The maximum atomic E-state index is 13.0. The fourth-order valence-corrected chi connectivity index (χ4v) is 2.90. The van der Waals surface area contributed by atoms with Gasteiger partial charge in [-0.05, 0) is 18.6 Å². The first-order chi connectivity index (χ1) is 7.15. The van der Waals surface area contributed by atoms with E-state index in [1.807, 2.05) is 11.8 Å². The van der Waals surface area contributed by atoms with Crippen molar-refractivity contribution in [2.75, 3.05) is 11.1 Å². The second kappa shape index (κ2) is 4.31. The van der Waals surface area contributed by atoms with E-state index < -0.39 is 5.82 Å². The summed E-state index contributed by atoms with van der Waals surface area (Å²) in [7, 11) is 0. The molecule has 1 heterocycles. The summed E-state index contributed by atoms with van der Waals surface area (Å²) in [4.78, 5) is 0. The number of anilines is 1. The molecule has 0 aliphatic carbocycles. The third-order valence-electron chi connectivity index (χ3n) is 2.52. The zero-order chi connectivity index (χ0) is 10.8. The van der Waals surface area contributed by atoms with Gasteiger partial charge < -0.3 is 10.4 Å². The highest BCUT2D eigenvalue weighted by Crippen LogP contribution is 2.29. The maximum Gasteiger partial charge on any atom is 0.166 e. The van der Waals surface area contributed by atoms with Crippen LogP contribution < -0.4 is 5.32 Å². The average molecular weight is 227 g/mol. The van der Waals surface area contributed by atoms with E-state index in [0.29, 0.717) is 11.3 Å². The van der Waals surface area contributed by atoms with E-state index in [4.69, 9.17) is 5.11 Å². The monoisotopic (exact) mass is 227 g/mol. The van der Waals surface area contributed by atoms with Crippen LogP contribution in [-0.4, -0.2) is 22.2 Å². The molecule has 2 nitrogen and oxygen atoms in total. The van der Waals surface area contributed by atoms with Crippen LogP contribution in [0.4, 0.5) is 10.1 Å². The summed E-state index contributed by atoms with van der Waals surface area (Å²) in [6.45, 7) is 2.20. The highest BCUT2D eigenvalue weighted by Gasteiger charge is 2.21. The van der Waals surface area contributed by atoms with Gasteiger partial charge in [-0.15, -0.1) is 0 Å². The molecule has 1 fully saturated rings. The molecule has 0 spiro atoms. The number of hydrogen-bond donors (Lipinski definition) is 2. The molecule has 0 amide bonds. The highest BCUT2D eigenvalue weighted by atomic mass is 32.2. The lowest BCUT2D eigenvalue weighted by Gasteiger charge is -2.13. The number of nitrogens with one attached hydrogen (secondary N) is 1. The van der Waals surface area contributed by atoms with Crippen molar-refractivity contribution in [2.24, 2.45) is 0 Å². The zero-order valence-corrected chi connectivity index (χ0v) is 9.35. The summed E-state index contributed by atoms with van der Waals surface area (Å²) in [5.74, 6) is 0.192. The Bertz CT molecular complexity index is 358. The average Bonchev–Trinajstić information content (AvgIpc) is 2.58. The minimum Gasteiger partial charge on any atom is -0.505 e. The molecule has 1 aromatic carbocycles. The minimum atomic E-state index is -0.571. The van der Waals surface area contributed by atoms with Crippen LogP contribution in [0.25, 0.3) is 0 Å². The summed E-state index contributed by atoms with van der Waals surface area (Å²) in [6.07, 6.45) is 1.10. The minimum absolute atomic E-state index is 0.297. The standard InChI is InChI=1S/C11H14FNOS/c1-7-4-9(6-15-7)13-8-2-3-11(14)10(12)5-8/h2-3,5,7,9,13-14H,4,6H2,1H3. The molecule has 0 aromatic heterocycles. The van der Waals surface area contributed by atoms with Gasteiger partial charge in [0.25, 0.3) is 0 Å². The fourth-order valence-electron chi connectivity index (χ4n) is 1.75. The molecule has 0 bridgehead atoms. The Balaban J connectivity index is 2.02. The molecule has 1 saturated heterocycles. The zero-order valence-electron chi connectivity index (χ0n) is 8.53. The lowest BCUT2D eigenvalue weighted by molar-refractivity contribution is 0.432. The van der Waals surface area contributed by atoms with Crippen molar-refractivity contribution in [3.63, 3.8) is 0 Å². The van der Waals surface area contributed by atoms with E-state index in [2.05, 4.69) is 12.2 Å². The highest BCUT2D eigenvalue weighted by molar-refractivity contribution is 8.00. The molecule has 0 radical (unpaired) electrons. The summed E-state index contributed by atoms with van der Waals surface area (Å²) in [5, 5.41) is 13.0.